The highest BCUT2D eigenvalue weighted by molar-refractivity contribution is 5.69. The molecule has 0 amide bonds. The van der Waals surface area contributed by atoms with E-state index in [1.807, 2.05) is 12.4 Å². The highest BCUT2D eigenvalue weighted by Gasteiger charge is 2.16. The summed E-state index contributed by atoms with van der Waals surface area (Å²) in [4.78, 5) is 4.35. The van der Waals surface area contributed by atoms with Gasteiger partial charge in [-0.25, -0.2) is 0 Å². The first-order valence-corrected chi connectivity index (χ1v) is 9.73. The van der Waals surface area contributed by atoms with Gasteiger partial charge in [0.25, 0.3) is 0 Å². The first-order valence-electron chi connectivity index (χ1n) is 9.73. The van der Waals surface area contributed by atoms with Gasteiger partial charge in [0, 0.05) is 17.8 Å². The number of nitrogens with zero attached hydrogens (tertiary/aromatic N) is 1. The molecule has 1 rings (SSSR count). The maximum atomic E-state index is 4.35. The van der Waals surface area contributed by atoms with Crippen molar-refractivity contribution < 1.29 is 0 Å². The lowest BCUT2D eigenvalue weighted by atomic mass is 9.88. The Morgan fingerprint density at radius 2 is 1.70 bits per heavy atom. The van der Waals surface area contributed by atoms with Crippen molar-refractivity contribution in [3.05, 3.63) is 23.9 Å². The zero-order valence-electron chi connectivity index (χ0n) is 17.0. The second-order valence-corrected chi connectivity index (χ2v) is 7.76. The van der Waals surface area contributed by atoms with Crippen LogP contribution in [0.25, 0.3) is 0 Å². The second-order valence-electron chi connectivity index (χ2n) is 7.76. The number of unbranched alkanes of at least 4 members (excludes halogenated alkanes) is 1. The third-order valence-electron chi connectivity index (χ3n) is 5.31. The minimum atomic E-state index is 0.146. The van der Waals surface area contributed by atoms with Gasteiger partial charge >= 0.3 is 0 Å². The predicted octanol–water partition coefficient (Wildman–Crippen LogP) is 7.44. The molecule has 0 N–H and O–H groups in total. The van der Waals surface area contributed by atoms with Gasteiger partial charge in [0.05, 0.1) is 0 Å². The Morgan fingerprint density at radius 1 is 1.04 bits per heavy atom. The van der Waals surface area contributed by atoms with Crippen LogP contribution in [0.4, 0.5) is 0 Å². The van der Waals surface area contributed by atoms with Crippen molar-refractivity contribution >= 4 is 6.21 Å². The lowest BCUT2D eigenvalue weighted by Crippen LogP contribution is -2.12. The predicted molar refractivity (Wildman–Crippen MR) is 107 cm³/mol. The molecule has 1 aliphatic rings. The third kappa shape index (κ3) is 9.13. The van der Waals surface area contributed by atoms with Crippen molar-refractivity contribution in [2.45, 2.75) is 87.5 Å². The van der Waals surface area contributed by atoms with Gasteiger partial charge in [-0.05, 0) is 29.7 Å². The van der Waals surface area contributed by atoms with Crippen molar-refractivity contribution in [2.75, 3.05) is 0 Å². The van der Waals surface area contributed by atoms with Crippen LogP contribution < -0.4 is 0 Å². The molecule has 0 saturated carbocycles. The van der Waals surface area contributed by atoms with Gasteiger partial charge in [0.15, 0.2) is 0 Å². The van der Waals surface area contributed by atoms with Crippen molar-refractivity contribution in [1.82, 2.24) is 0 Å². The van der Waals surface area contributed by atoms with Crippen molar-refractivity contribution in [3.63, 3.8) is 0 Å². The molecule has 0 aromatic heterocycles. The summed E-state index contributed by atoms with van der Waals surface area (Å²) >= 11 is 0. The fourth-order valence-corrected chi connectivity index (χ4v) is 2.43. The number of hydrogen-bond acceptors (Lipinski definition) is 1. The molecule has 3 unspecified atom stereocenters. The second kappa shape index (κ2) is 11.6. The van der Waals surface area contributed by atoms with E-state index >= 15 is 0 Å². The molecule has 3 atom stereocenters. The monoisotopic (exact) mass is 319 g/mol. The first-order chi connectivity index (χ1) is 10.8. The standard InChI is InChI=1S/C12H19N.C10H22/c1-5-12(4)7-6-11(10(2)3)8-13-9-12;1-5-7-8-10(4)9(3)6-2/h6-10H,5H2,1-4H3;9-10H,5-8H2,1-4H3. The minimum Gasteiger partial charge on any atom is -0.268 e. The Bertz CT molecular complexity index is 389. The summed E-state index contributed by atoms with van der Waals surface area (Å²) in [6, 6.07) is 0. The molecule has 1 nitrogen and oxygen atoms in total. The molecular formula is C22H41N. The summed E-state index contributed by atoms with van der Waals surface area (Å²) < 4.78 is 0. The van der Waals surface area contributed by atoms with Crippen LogP contribution in [0.2, 0.25) is 0 Å². The summed E-state index contributed by atoms with van der Waals surface area (Å²) in [6.07, 6.45) is 15.1. The van der Waals surface area contributed by atoms with Crippen LogP contribution in [0.1, 0.15) is 87.5 Å². The van der Waals surface area contributed by atoms with Crippen LogP contribution in [-0.2, 0) is 0 Å². The van der Waals surface area contributed by atoms with Crippen LogP contribution in [0.5, 0.6) is 0 Å². The van der Waals surface area contributed by atoms with E-state index in [1.54, 1.807) is 0 Å². The number of hydrogen-bond donors (Lipinski definition) is 0. The van der Waals surface area contributed by atoms with E-state index in [9.17, 15) is 0 Å². The molecule has 0 aromatic rings. The lowest BCUT2D eigenvalue weighted by Gasteiger charge is -2.17. The zero-order valence-corrected chi connectivity index (χ0v) is 17.0. The normalized spacial score (nSPS) is 22.9. The van der Waals surface area contributed by atoms with Crippen LogP contribution in [0.15, 0.2) is 28.9 Å². The van der Waals surface area contributed by atoms with Crippen LogP contribution in [0.3, 0.4) is 0 Å². The number of aliphatic imine (C=N–C) groups is 1. The van der Waals surface area contributed by atoms with Gasteiger partial charge in [0.2, 0.25) is 0 Å². The summed E-state index contributed by atoms with van der Waals surface area (Å²) in [5, 5.41) is 0. The van der Waals surface area contributed by atoms with E-state index in [-0.39, 0.29) is 5.41 Å². The molecule has 23 heavy (non-hydrogen) atoms. The van der Waals surface area contributed by atoms with Crippen molar-refractivity contribution in [2.24, 2.45) is 28.2 Å². The summed E-state index contributed by atoms with van der Waals surface area (Å²) in [5.74, 6) is 2.42. The smallest absolute Gasteiger partial charge is 0.0298 e. The van der Waals surface area contributed by atoms with Gasteiger partial charge in [-0.2, -0.15) is 0 Å². The number of allylic oxidation sites excluding steroid dienone is 3. The van der Waals surface area contributed by atoms with E-state index < -0.39 is 0 Å². The Morgan fingerprint density at radius 3 is 2.17 bits per heavy atom. The molecule has 1 heteroatoms. The first kappa shape index (κ1) is 22.1. The van der Waals surface area contributed by atoms with E-state index in [2.05, 4.69) is 72.5 Å². The van der Waals surface area contributed by atoms with Gasteiger partial charge in [-0.3, -0.25) is 4.99 Å². The molecule has 0 bridgehead atoms. The van der Waals surface area contributed by atoms with Crippen molar-refractivity contribution in [3.8, 4) is 0 Å². The lowest BCUT2D eigenvalue weighted by molar-refractivity contribution is 0.346. The van der Waals surface area contributed by atoms with E-state index in [4.69, 9.17) is 0 Å². The summed E-state index contributed by atoms with van der Waals surface area (Å²) in [6.45, 7) is 18.1. The van der Waals surface area contributed by atoms with Crippen LogP contribution in [-0.4, -0.2) is 6.21 Å². The molecule has 0 saturated heterocycles. The minimum absolute atomic E-state index is 0.146. The maximum absolute atomic E-state index is 4.35. The van der Waals surface area contributed by atoms with Crippen molar-refractivity contribution in [1.29, 1.82) is 0 Å². The summed E-state index contributed by atoms with van der Waals surface area (Å²) in [5.41, 5.74) is 1.46. The average molecular weight is 320 g/mol. The molecule has 134 valence electrons. The molecule has 1 aliphatic heterocycles. The molecule has 1 heterocycles. The number of rotatable bonds is 7. The third-order valence-corrected chi connectivity index (χ3v) is 5.31. The molecule has 0 fully saturated rings. The highest BCUT2D eigenvalue weighted by atomic mass is 14.7. The molecule has 0 spiro atoms. The average Bonchev–Trinajstić information content (AvgIpc) is 2.75. The quantitative estimate of drug-likeness (QED) is 0.462. The van der Waals surface area contributed by atoms with Crippen LogP contribution in [0, 0.1) is 23.2 Å². The Balaban J connectivity index is 0.000000438. The van der Waals surface area contributed by atoms with Crippen LogP contribution >= 0.6 is 0 Å². The fraction of sp³-hybridized carbons (Fsp3) is 0.773. The maximum Gasteiger partial charge on any atom is 0.0298 e. The zero-order chi connectivity index (χ0) is 17.9. The van der Waals surface area contributed by atoms with Gasteiger partial charge < -0.3 is 0 Å². The molecular weight excluding hydrogens is 278 g/mol. The Hall–Kier alpha value is -0.850. The highest BCUT2D eigenvalue weighted by Crippen LogP contribution is 2.25. The topological polar surface area (TPSA) is 12.4 Å². The van der Waals surface area contributed by atoms with Gasteiger partial charge in [0.1, 0.15) is 0 Å². The molecule has 0 aromatic carbocycles. The Labute approximate surface area is 146 Å². The van der Waals surface area contributed by atoms with Gasteiger partial charge in [-0.1, -0.05) is 93.2 Å². The van der Waals surface area contributed by atoms with E-state index in [1.165, 1.54) is 31.3 Å². The molecule has 0 aliphatic carbocycles. The fourth-order valence-electron chi connectivity index (χ4n) is 2.43. The molecule has 0 radical (unpaired) electrons. The van der Waals surface area contributed by atoms with E-state index in [0.717, 1.165) is 18.3 Å². The summed E-state index contributed by atoms with van der Waals surface area (Å²) in [7, 11) is 0. The SMILES string of the molecule is CCC1(C)C=CC(C(C)C)=CN=C1.CCCCC(C)C(C)CC. The van der Waals surface area contributed by atoms with Gasteiger partial charge in [-0.15, -0.1) is 0 Å². The Kier molecular flexibility index (Phi) is 11.2. The largest absolute Gasteiger partial charge is 0.268 e. The van der Waals surface area contributed by atoms with E-state index in [0.29, 0.717) is 5.92 Å².